The smallest absolute Gasteiger partial charge is 0.241 e. The summed E-state index contributed by atoms with van der Waals surface area (Å²) >= 11 is 0. The zero-order valence-electron chi connectivity index (χ0n) is 14.0. The van der Waals surface area contributed by atoms with Gasteiger partial charge in [-0.25, -0.2) is 4.99 Å². The number of ether oxygens (including phenoxy) is 1. The maximum Gasteiger partial charge on any atom is 0.241 e. The summed E-state index contributed by atoms with van der Waals surface area (Å²) in [5.41, 5.74) is 1.09. The van der Waals surface area contributed by atoms with E-state index in [9.17, 15) is 4.79 Å². The van der Waals surface area contributed by atoms with Crippen molar-refractivity contribution >= 4 is 11.9 Å². The summed E-state index contributed by atoms with van der Waals surface area (Å²) in [5, 5.41) is 6.28. The van der Waals surface area contributed by atoms with Crippen LogP contribution in [0.3, 0.4) is 0 Å². The van der Waals surface area contributed by atoms with Crippen LogP contribution >= 0.6 is 0 Å². The fraction of sp³-hybridized carbons (Fsp3) is 0.529. The van der Waals surface area contributed by atoms with Gasteiger partial charge in [-0.15, -0.1) is 0 Å². The lowest BCUT2D eigenvalue weighted by Crippen LogP contribution is -2.44. The van der Waals surface area contributed by atoms with E-state index in [1.165, 1.54) is 0 Å². The summed E-state index contributed by atoms with van der Waals surface area (Å²) in [4.78, 5) is 18.5. The lowest BCUT2D eigenvalue weighted by Gasteiger charge is -2.17. The fourth-order valence-corrected chi connectivity index (χ4v) is 2.48. The molecule has 1 fully saturated rings. The van der Waals surface area contributed by atoms with Gasteiger partial charge in [0.1, 0.15) is 5.75 Å². The second-order valence-electron chi connectivity index (χ2n) is 5.48. The number of carbonyl (C=O) groups is 1. The molecule has 0 saturated carbocycles. The van der Waals surface area contributed by atoms with E-state index >= 15 is 0 Å². The number of methoxy groups -OCH3 is 1. The van der Waals surface area contributed by atoms with Crippen molar-refractivity contribution in [1.29, 1.82) is 0 Å². The quantitative estimate of drug-likeness (QED) is 0.614. The molecule has 23 heavy (non-hydrogen) atoms. The first-order valence-electron chi connectivity index (χ1n) is 8.16. The van der Waals surface area contributed by atoms with Gasteiger partial charge in [-0.3, -0.25) is 4.79 Å². The molecule has 2 N–H and O–H groups in total. The number of amides is 1. The van der Waals surface area contributed by atoms with Crippen LogP contribution in [0.2, 0.25) is 0 Å². The molecule has 1 heterocycles. The molecule has 6 nitrogen and oxygen atoms in total. The molecule has 1 aliphatic rings. The molecule has 1 amide bonds. The molecule has 1 aromatic rings. The third-order valence-electron chi connectivity index (χ3n) is 3.79. The van der Waals surface area contributed by atoms with Crippen LogP contribution in [0.15, 0.2) is 29.3 Å². The molecule has 1 saturated heterocycles. The number of likely N-dealkylation sites (tertiary alicyclic amines) is 1. The minimum Gasteiger partial charge on any atom is -0.497 e. The number of hydrogen-bond acceptors (Lipinski definition) is 3. The van der Waals surface area contributed by atoms with Crippen LogP contribution in [-0.2, 0) is 11.3 Å². The molecular formula is C17H26N4O2. The van der Waals surface area contributed by atoms with Gasteiger partial charge < -0.3 is 20.3 Å². The summed E-state index contributed by atoms with van der Waals surface area (Å²) in [6, 6.07) is 7.81. The summed E-state index contributed by atoms with van der Waals surface area (Å²) in [6.45, 7) is 5.35. The van der Waals surface area contributed by atoms with Gasteiger partial charge in [-0.1, -0.05) is 12.1 Å². The highest BCUT2D eigenvalue weighted by atomic mass is 16.5. The molecule has 6 heteroatoms. The average molecular weight is 318 g/mol. The molecule has 1 aromatic carbocycles. The lowest BCUT2D eigenvalue weighted by molar-refractivity contribution is -0.128. The van der Waals surface area contributed by atoms with Crippen LogP contribution in [-0.4, -0.2) is 50.1 Å². The van der Waals surface area contributed by atoms with E-state index in [2.05, 4.69) is 15.6 Å². The highest BCUT2D eigenvalue weighted by molar-refractivity contribution is 5.86. The molecule has 0 spiro atoms. The van der Waals surface area contributed by atoms with Gasteiger partial charge >= 0.3 is 0 Å². The first kappa shape index (κ1) is 17.1. The molecule has 0 aliphatic carbocycles. The van der Waals surface area contributed by atoms with Crippen LogP contribution in [0.25, 0.3) is 0 Å². The number of nitrogens with one attached hydrogen (secondary N) is 2. The van der Waals surface area contributed by atoms with Crippen molar-refractivity contribution in [2.75, 3.05) is 33.3 Å². The molecule has 0 bridgehead atoms. The fourth-order valence-electron chi connectivity index (χ4n) is 2.48. The molecule has 0 unspecified atom stereocenters. The SMILES string of the molecule is CCNC(=NCc1ccc(OC)cc1)NCC(=O)N1CCCC1. The largest absolute Gasteiger partial charge is 0.497 e. The third kappa shape index (κ3) is 5.47. The number of rotatable bonds is 6. The first-order chi connectivity index (χ1) is 11.2. The number of aliphatic imine (C=N–C) groups is 1. The summed E-state index contributed by atoms with van der Waals surface area (Å²) in [6.07, 6.45) is 2.22. The Balaban J connectivity index is 1.86. The molecular weight excluding hydrogens is 292 g/mol. The third-order valence-corrected chi connectivity index (χ3v) is 3.79. The minimum absolute atomic E-state index is 0.137. The van der Waals surface area contributed by atoms with E-state index in [1.54, 1.807) is 7.11 Å². The van der Waals surface area contributed by atoms with Gasteiger partial charge in [-0.05, 0) is 37.5 Å². The van der Waals surface area contributed by atoms with Gasteiger partial charge in [0.25, 0.3) is 0 Å². The van der Waals surface area contributed by atoms with Gasteiger partial charge in [0.15, 0.2) is 5.96 Å². The van der Waals surface area contributed by atoms with Crippen molar-refractivity contribution in [3.05, 3.63) is 29.8 Å². The van der Waals surface area contributed by atoms with Gasteiger partial charge in [0.2, 0.25) is 5.91 Å². The summed E-state index contributed by atoms with van der Waals surface area (Å²) in [5.74, 6) is 1.63. The van der Waals surface area contributed by atoms with Crippen molar-refractivity contribution < 1.29 is 9.53 Å². The molecule has 0 atom stereocenters. The Kier molecular flexibility index (Phi) is 6.72. The highest BCUT2D eigenvalue weighted by Gasteiger charge is 2.17. The Morgan fingerprint density at radius 2 is 1.91 bits per heavy atom. The van der Waals surface area contributed by atoms with E-state index in [0.717, 1.165) is 43.8 Å². The first-order valence-corrected chi connectivity index (χ1v) is 8.16. The topological polar surface area (TPSA) is 66.0 Å². The van der Waals surface area contributed by atoms with Crippen molar-refractivity contribution in [3.63, 3.8) is 0 Å². The Morgan fingerprint density at radius 3 is 2.52 bits per heavy atom. The molecule has 2 rings (SSSR count). The van der Waals surface area contributed by atoms with Gasteiger partial charge in [-0.2, -0.15) is 0 Å². The van der Waals surface area contributed by atoms with Crippen LogP contribution in [0.1, 0.15) is 25.3 Å². The van der Waals surface area contributed by atoms with Crippen molar-refractivity contribution in [2.45, 2.75) is 26.3 Å². The Hall–Kier alpha value is -2.24. The summed E-state index contributed by atoms with van der Waals surface area (Å²) in [7, 11) is 1.65. The van der Waals surface area contributed by atoms with Crippen molar-refractivity contribution in [2.24, 2.45) is 4.99 Å². The molecule has 0 radical (unpaired) electrons. The van der Waals surface area contributed by atoms with Crippen molar-refractivity contribution in [1.82, 2.24) is 15.5 Å². The molecule has 0 aromatic heterocycles. The number of benzene rings is 1. The van der Waals surface area contributed by atoms with Gasteiger partial charge in [0, 0.05) is 19.6 Å². The zero-order chi connectivity index (χ0) is 16.5. The monoisotopic (exact) mass is 318 g/mol. The average Bonchev–Trinajstić information content (AvgIpc) is 3.12. The number of hydrogen-bond donors (Lipinski definition) is 2. The van der Waals surface area contributed by atoms with E-state index in [-0.39, 0.29) is 12.5 Å². The number of nitrogens with zero attached hydrogens (tertiary/aromatic N) is 2. The minimum atomic E-state index is 0.137. The van der Waals surface area contributed by atoms with Crippen LogP contribution in [0.5, 0.6) is 5.75 Å². The lowest BCUT2D eigenvalue weighted by atomic mass is 10.2. The Bertz CT molecular complexity index is 522. The molecule has 1 aliphatic heterocycles. The van der Waals surface area contributed by atoms with E-state index in [0.29, 0.717) is 12.5 Å². The maximum atomic E-state index is 12.1. The Morgan fingerprint density at radius 1 is 1.22 bits per heavy atom. The van der Waals surface area contributed by atoms with E-state index < -0.39 is 0 Å². The predicted molar refractivity (Wildman–Crippen MR) is 91.6 cm³/mol. The van der Waals surface area contributed by atoms with E-state index in [4.69, 9.17) is 4.74 Å². The van der Waals surface area contributed by atoms with Crippen molar-refractivity contribution in [3.8, 4) is 5.75 Å². The molecule has 126 valence electrons. The normalized spacial score (nSPS) is 14.7. The van der Waals surface area contributed by atoms with Crippen LogP contribution in [0, 0.1) is 0 Å². The second kappa shape index (κ2) is 9.02. The predicted octanol–water partition coefficient (Wildman–Crippen LogP) is 1.37. The highest BCUT2D eigenvalue weighted by Crippen LogP contribution is 2.11. The number of guanidine groups is 1. The standard InChI is InChI=1S/C17H26N4O2/c1-3-18-17(20-13-16(22)21-10-4-5-11-21)19-12-14-6-8-15(23-2)9-7-14/h6-9H,3-5,10-13H2,1-2H3,(H2,18,19,20). The van der Waals surface area contributed by atoms with Crippen LogP contribution in [0.4, 0.5) is 0 Å². The Labute approximate surface area is 137 Å². The maximum absolute atomic E-state index is 12.1. The zero-order valence-corrected chi connectivity index (χ0v) is 14.0. The van der Waals surface area contributed by atoms with Crippen LogP contribution < -0.4 is 15.4 Å². The van der Waals surface area contributed by atoms with E-state index in [1.807, 2.05) is 36.1 Å². The van der Waals surface area contributed by atoms with Gasteiger partial charge in [0.05, 0.1) is 20.2 Å². The second-order valence-corrected chi connectivity index (χ2v) is 5.48. The summed E-state index contributed by atoms with van der Waals surface area (Å²) < 4.78 is 5.14. The number of carbonyl (C=O) groups excluding carboxylic acids is 1.